The summed E-state index contributed by atoms with van der Waals surface area (Å²) < 4.78 is 13.7. The average molecular weight is 406 g/mol. The van der Waals surface area contributed by atoms with E-state index in [0.29, 0.717) is 6.54 Å². The van der Waals surface area contributed by atoms with Crippen molar-refractivity contribution < 1.29 is 18.9 Å². The number of hydrazine groups is 1. The van der Waals surface area contributed by atoms with E-state index in [4.69, 9.17) is 11.6 Å². The molecule has 28 heavy (non-hydrogen) atoms. The van der Waals surface area contributed by atoms with E-state index in [-0.39, 0.29) is 22.9 Å². The number of hydrogen-bond donors (Lipinski definition) is 3. The molecular formula is C20H23ClFN4O2+. The first-order valence-electron chi connectivity index (χ1n) is 9.21. The van der Waals surface area contributed by atoms with E-state index in [1.165, 1.54) is 22.7 Å². The molecule has 0 bridgehead atoms. The zero-order valence-corrected chi connectivity index (χ0v) is 16.1. The highest BCUT2D eigenvalue weighted by molar-refractivity contribution is 6.33. The van der Waals surface area contributed by atoms with Gasteiger partial charge in [-0.3, -0.25) is 20.4 Å². The van der Waals surface area contributed by atoms with Crippen LogP contribution in [0.25, 0.3) is 0 Å². The van der Waals surface area contributed by atoms with Gasteiger partial charge in [-0.15, -0.1) is 0 Å². The van der Waals surface area contributed by atoms with E-state index in [1.54, 1.807) is 0 Å². The van der Waals surface area contributed by atoms with Crippen molar-refractivity contribution in [2.75, 3.05) is 37.6 Å². The number of hydrogen-bond acceptors (Lipinski definition) is 3. The first kappa shape index (κ1) is 20.1. The molecule has 1 aliphatic rings. The van der Waals surface area contributed by atoms with Crippen molar-refractivity contribution in [1.82, 2.24) is 10.9 Å². The minimum absolute atomic E-state index is 0.00696. The molecule has 0 atom stereocenters. The monoisotopic (exact) mass is 405 g/mol. The van der Waals surface area contributed by atoms with Crippen LogP contribution in [0.4, 0.5) is 10.1 Å². The normalized spacial score (nSPS) is 14.6. The summed E-state index contributed by atoms with van der Waals surface area (Å²) in [6.45, 7) is 4.43. The summed E-state index contributed by atoms with van der Waals surface area (Å²) in [7, 11) is 0. The largest absolute Gasteiger partial charge is 0.360 e. The number of halogens is 2. The Morgan fingerprint density at radius 2 is 1.75 bits per heavy atom. The lowest BCUT2D eigenvalue weighted by Gasteiger charge is -2.33. The van der Waals surface area contributed by atoms with E-state index in [1.807, 2.05) is 18.2 Å². The molecule has 1 aliphatic heterocycles. The van der Waals surface area contributed by atoms with Gasteiger partial charge in [0.25, 0.3) is 5.91 Å². The van der Waals surface area contributed by atoms with Gasteiger partial charge in [-0.2, -0.15) is 0 Å². The molecule has 2 amide bonds. The third-order valence-electron chi connectivity index (χ3n) is 4.80. The molecule has 1 saturated heterocycles. The minimum atomic E-state index is -0.778. The first-order valence-corrected chi connectivity index (χ1v) is 9.59. The molecule has 8 heteroatoms. The van der Waals surface area contributed by atoms with Crippen LogP contribution in [0.3, 0.4) is 0 Å². The van der Waals surface area contributed by atoms with Gasteiger partial charge in [0.05, 0.1) is 49.7 Å². The van der Waals surface area contributed by atoms with Crippen molar-refractivity contribution >= 4 is 29.1 Å². The molecular weight excluding hydrogens is 383 g/mol. The summed E-state index contributed by atoms with van der Waals surface area (Å²) in [4.78, 5) is 27.7. The second kappa shape index (κ2) is 9.52. The summed E-state index contributed by atoms with van der Waals surface area (Å²) in [5.41, 5.74) is 5.47. The van der Waals surface area contributed by atoms with Crippen LogP contribution in [0.2, 0.25) is 5.02 Å². The zero-order valence-electron chi connectivity index (χ0n) is 15.4. The minimum Gasteiger partial charge on any atom is -0.360 e. The fraction of sp³-hybridized carbons (Fsp3) is 0.300. The summed E-state index contributed by atoms with van der Waals surface area (Å²) >= 11 is 5.84. The van der Waals surface area contributed by atoms with Gasteiger partial charge in [0.15, 0.2) is 0 Å². The molecule has 2 aromatic carbocycles. The Balaban J connectivity index is 1.39. The summed E-state index contributed by atoms with van der Waals surface area (Å²) in [6.07, 6.45) is 0.270. The van der Waals surface area contributed by atoms with Crippen molar-refractivity contribution in [3.05, 3.63) is 64.9 Å². The zero-order chi connectivity index (χ0) is 19.9. The fourth-order valence-corrected chi connectivity index (χ4v) is 3.48. The number of benzene rings is 2. The molecule has 6 nitrogen and oxygen atoms in total. The maximum atomic E-state index is 13.7. The van der Waals surface area contributed by atoms with Gasteiger partial charge in [-0.05, 0) is 24.3 Å². The first-order chi connectivity index (χ1) is 13.5. The lowest BCUT2D eigenvalue weighted by molar-refractivity contribution is -0.900. The number of carbonyl (C=O) groups excluding carboxylic acids is 2. The van der Waals surface area contributed by atoms with Crippen LogP contribution < -0.4 is 20.7 Å². The molecule has 3 rings (SSSR count). The molecule has 1 fully saturated rings. The maximum Gasteiger partial charge on any atom is 0.274 e. The highest BCUT2D eigenvalue weighted by Crippen LogP contribution is 2.18. The Bertz CT molecular complexity index is 806. The third kappa shape index (κ3) is 5.21. The lowest BCUT2D eigenvalue weighted by Crippen LogP contribution is -3.15. The standard InChI is InChI=1S/C20H22ClFN4O2/c21-16-7-4-8-17(22)19(16)20(28)24-23-18(27)9-10-25-11-13-26(14-12-25)15-5-2-1-3-6-15/h1-8H,9-14H2,(H,23,27)(H,24,28)/p+1. The molecule has 1 heterocycles. The van der Waals surface area contributed by atoms with Crippen LogP contribution >= 0.6 is 11.6 Å². The van der Waals surface area contributed by atoms with Crippen LogP contribution in [0.5, 0.6) is 0 Å². The van der Waals surface area contributed by atoms with E-state index in [9.17, 15) is 14.0 Å². The molecule has 0 spiro atoms. The molecule has 3 N–H and O–H groups in total. The van der Waals surface area contributed by atoms with Crippen LogP contribution in [0.1, 0.15) is 16.8 Å². The molecule has 2 aromatic rings. The number of quaternary nitrogens is 1. The number of piperazine rings is 1. The van der Waals surface area contributed by atoms with Crippen molar-refractivity contribution in [3.8, 4) is 0 Å². The SMILES string of the molecule is O=C(CC[NH+]1CCN(c2ccccc2)CC1)NNC(=O)c1c(F)cccc1Cl. The van der Waals surface area contributed by atoms with Gasteiger partial charge in [-0.1, -0.05) is 35.9 Å². The highest BCUT2D eigenvalue weighted by atomic mass is 35.5. The Morgan fingerprint density at radius 1 is 1.04 bits per heavy atom. The van der Waals surface area contributed by atoms with E-state index in [0.717, 1.165) is 32.2 Å². The number of para-hydroxylation sites is 1. The topological polar surface area (TPSA) is 65.9 Å². The van der Waals surface area contributed by atoms with Gasteiger partial charge in [0, 0.05) is 5.69 Å². The van der Waals surface area contributed by atoms with Gasteiger partial charge >= 0.3 is 0 Å². The van der Waals surface area contributed by atoms with Crippen LogP contribution in [0, 0.1) is 5.82 Å². The van der Waals surface area contributed by atoms with Crippen molar-refractivity contribution in [3.63, 3.8) is 0 Å². The number of nitrogens with zero attached hydrogens (tertiary/aromatic N) is 1. The van der Waals surface area contributed by atoms with E-state index >= 15 is 0 Å². The molecule has 0 radical (unpaired) electrons. The Kier molecular flexibility index (Phi) is 6.84. The summed E-state index contributed by atoms with van der Waals surface area (Å²) in [6, 6.07) is 14.2. The van der Waals surface area contributed by atoms with Gasteiger partial charge < -0.3 is 9.80 Å². The quantitative estimate of drug-likeness (QED) is 0.651. The van der Waals surface area contributed by atoms with Crippen molar-refractivity contribution in [2.24, 2.45) is 0 Å². The van der Waals surface area contributed by atoms with Gasteiger partial charge in [0.1, 0.15) is 5.82 Å². The van der Waals surface area contributed by atoms with Crippen molar-refractivity contribution in [1.29, 1.82) is 0 Å². The van der Waals surface area contributed by atoms with E-state index in [2.05, 4.69) is 27.9 Å². The number of nitrogens with one attached hydrogen (secondary N) is 3. The van der Waals surface area contributed by atoms with Gasteiger partial charge in [0.2, 0.25) is 5.91 Å². The van der Waals surface area contributed by atoms with E-state index < -0.39 is 11.7 Å². The third-order valence-corrected chi connectivity index (χ3v) is 5.12. The number of rotatable bonds is 5. The predicted molar refractivity (Wildman–Crippen MR) is 106 cm³/mol. The molecule has 148 valence electrons. The second-order valence-corrected chi connectivity index (χ2v) is 7.08. The molecule has 0 saturated carbocycles. The predicted octanol–water partition coefficient (Wildman–Crippen LogP) is 1.04. The summed E-state index contributed by atoms with van der Waals surface area (Å²) in [5.74, 6) is -1.83. The Morgan fingerprint density at radius 3 is 2.43 bits per heavy atom. The number of amides is 2. The fourth-order valence-electron chi connectivity index (χ4n) is 3.23. The lowest BCUT2D eigenvalue weighted by atomic mass is 10.2. The highest BCUT2D eigenvalue weighted by Gasteiger charge is 2.21. The molecule has 0 unspecified atom stereocenters. The Labute approximate surface area is 168 Å². The summed E-state index contributed by atoms with van der Waals surface area (Å²) in [5, 5.41) is -0.00696. The van der Waals surface area contributed by atoms with Crippen LogP contribution in [0.15, 0.2) is 48.5 Å². The number of carbonyl (C=O) groups is 2. The van der Waals surface area contributed by atoms with Crippen molar-refractivity contribution in [2.45, 2.75) is 6.42 Å². The smallest absolute Gasteiger partial charge is 0.274 e. The Hall–Kier alpha value is -2.64. The van der Waals surface area contributed by atoms with Crippen LogP contribution in [-0.4, -0.2) is 44.5 Å². The van der Waals surface area contributed by atoms with Crippen LogP contribution in [-0.2, 0) is 4.79 Å². The average Bonchev–Trinajstić information content (AvgIpc) is 2.71. The maximum absolute atomic E-state index is 13.7. The number of anilines is 1. The van der Waals surface area contributed by atoms with Gasteiger partial charge in [-0.25, -0.2) is 4.39 Å². The second-order valence-electron chi connectivity index (χ2n) is 6.67. The molecule has 0 aliphatic carbocycles. The molecule has 0 aromatic heterocycles.